The van der Waals surface area contributed by atoms with Crippen LogP contribution in [0.5, 0.6) is 0 Å². The van der Waals surface area contributed by atoms with Gasteiger partial charge >= 0.3 is 0 Å². The molecule has 94 valence electrons. The Morgan fingerprint density at radius 2 is 2.47 bits per heavy atom. The molecule has 0 radical (unpaired) electrons. The van der Waals surface area contributed by atoms with Crippen LogP contribution in [-0.4, -0.2) is 39.9 Å². The van der Waals surface area contributed by atoms with Crippen molar-refractivity contribution in [2.45, 2.75) is 6.92 Å². The second kappa shape index (κ2) is 5.85. The van der Waals surface area contributed by atoms with Gasteiger partial charge in [-0.25, -0.2) is 0 Å². The van der Waals surface area contributed by atoms with Crippen LogP contribution in [0.15, 0.2) is 11.4 Å². The number of carbonyl (C=O) groups excluding carboxylic acids is 1. The number of hydrogen-bond acceptors (Lipinski definition) is 5. The summed E-state index contributed by atoms with van der Waals surface area (Å²) in [6.07, 6.45) is 1.39. The quantitative estimate of drug-likeness (QED) is 0.278. The fourth-order valence-electron chi connectivity index (χ4n) is 1.19. The zero-order valence-corrected chi connectivity index (χ0v) is 9.67. The number of amides is 1. The van der Waals surface area contributed by atoms with Gasteiger partial charge in [0.15, 0.2) is 5.84 Å². The second-order valence-electron chi connectivity index (χ2n) is 3.20. The third-order valence-corrected chi connectivity index (χ3v) is 2.02. The molecule has 0 atom stereocenters. The number of carbonyl (C=O) groups is 1. The zero-order valence-electron chi connectivity index (χ0n) is 9.67. The Morgan fingerprint density at radius 1 is 1.76 bits per heavy atom. The van der Waals surface area contributed by atoms with Crippen LogP contribution in [0.25, 0.3) is 0 Å². The lowest BCUT2D eigenvalue weighted by atomic mass is 10.3. The standard InChI is InChI=1S/C9H15N5O3/c1-3-17-5-7(15)12-9-6(8(10)13-16)4-11-14(9)2/h4,16H,3,5H2,1-2H3,(H2,10,13)(H,12,15). The Kier molecular flexibility index (Phi) is 4.46. The molecular weight excluding hydrogens is 226 g/mol. The van der Waals surface area contributed by atoms with Gasteiger partial charge in [0.2, 0.25) is 0 Å². The third-order valence-electron chi connectivity index (χ3n) is 2.02. The predicted molar refractivity (Wildman–Crippen MR) is 60.8 cm³/mol. The van der Waals surface area contributed by atoms with E-state index in [1.54, 1.807) is 14.0 Å². The number of anilines is 1. The van der Waals surface area contributed by atoms with Crippen LogP contribution in [-0.2, 0) is 16.6 Å². The molecule has 0 spiro atoms. The van der Waals surface area contributed by atoms with E-state index in [1.807, 2.05) is 0 Å². The summed E-state index contributed by atoms with van der Waals surface area (Å²) in [5.41, 5.74) is 5.80. The Bertz CT molecular complexity index is 426. The third kappa shape index (κ3) is 3.18. The van der Waals surface area contributed by atoms with Crippen LogP contribution < -0.4 is 11.1 Å². The summed E-state index contributed by atoms with van der Waals surface area (Å²) in [7, 11) is 1.63. The molecule has 1 rings (SSSR count). The topological polar surface area (TPSA) is 115 Å². The smallest absolute Gasteiger partial charge is 0.251 e. The summed E-state index contributed by atoms with van der Waals surface area (Å²) in [4.78, 5) is 11.5. The molecule has 1 amide bonds. The molecule has 4 N–H and O–H groups in total. The first-order valence-electron chi connectivity index (χ1n) is 4.97. The van der Waals surface area contributed by atoms with Crippen molar-refractivity contribution in [1.82, 2.24) is 9.78 Å². The van der Waals surface area contributed by atoms with Crippen LogP contribution in [0.1, 0.15) is 12.5 Å². The average Bonchev–Trinajstić information content (AvgIpc) is 2.67. The van der Waals surface area contributed by atoms with E-state index in [0.29, 0.717) is 18.0 Å². The van der Waals surface area contributed by atoms with Crippen molar-refractivity contribution in [2.75, 3.05) is 18.5 Å². The molecule has 0 aliphatic carbocycles. The monoisotopic (exact) mass is 241 g/mol. The zero-order chi connectivity index (χ0) is 12.8. The molecule has 0 aliphatic heterocycles. The minimum absolute atomic E-state index is 0.0582. The van der Waals surface area contributed by atoms with Crippen molar-refractivity contribution in [3.05, 3.63) is 11.8 Å². The maximum Gasteiger partial charge on any atom is 0.251 e. The summed E-state index contributed by atoms with van der Waals surface area (Å²) in [5.74, 6) is -0.0998. The first kappa shape index (κ1) is 13.0. The number of nitrogens with two attached hydrogens (primary N) is 1. The van der Waals surface area contributed by atoms with Gasteiger partial charge in [0.1, 0.15) is 12.4 Å². The van der Waals surface area contributed by atoms with Crippen molar-refractivity contribution >= 4 is 17.6 Å². The SMILES string of the molecule is CCOCC(=O)Nc1c(C(N)=NO)cnn1C. The maximum atomic E-state index is 11.5. The minimum Gasteiger partial charge on any atom is -0.409 e. The average molecular weight is 241 g/mol. The highest BCUT2D eigenvalue weighted by atomic mass is 16.5. The fourth-order valence-corrected chi connectivity index (χ4v) is 1.19. The Hall–Kier alpha value is -2.09. The lowest BCUT2D eigenvalue weighted by Crippen LogP contribution is -2.23. The number of aromatic nitrogens is 2. The second-order valence-corrected chi connectivity index (χ2v) is 3.20. The van der Waals surface area contributed by atoms with E-state index in [1.165, 1.54) is 10.9 Å². The van der Waals surface area contributed by atoms with Crippen molar-refractivity contribution in [1.29, 1.82) is 0 Å². The van der Waals surface area contributed by atoms with E-state index >= 15 is 0 Å². The van der Waals surface area contributed by atoms with Crippen LogP contribution in [0, 0.1) is 0 Å². The molecule has 8 heteroatoms. The van der Waals surface area contributed by atoms with Gasteiger partial charge in [0.25, 0.3) is 5.91 Å². The summed E-state index contributed by atoms with van der Waals surface area (Å²) in [6, 6.07) is 0. The highest BCUT2D eigenvalue weighted by molar-refractivity contribution is 6.04. The molecule has 0 saturated heterocycles. The predicted octanol–water partition coefficient (Wildman–Crippen LogP) is -0.510. The van der Waals surface area contributed by atoms with Gasteiger partial charge in [-0.15, -0.1) is 0 Å². The van der Waals surface area contributed by atoms with Gasteiger partial charge in [-0.2, -0.15) is 5.10 Å². The molecule has 0 fully saturated rings. The minimum atomic E-state index is -0.331. The maximum absolute atomic E-state index is 11.5. The fraction of sp³-hybridized carbons (Fsp3) is 0.444. The van der Waals surface area contributed by atoms with Gasteiger partial charge in [0, 0.05) is 13.7 Å². The first-order chi connectivity index (χ1) is 8.10. The van der Waals surface area contributed by atoms with Crippen LogP contribution in [0.2, 0.25) is 0 Å². The van der Waals surface area contributed by atoms with Crippen molar-refractivity contribution in [3.8, 4) is 0 Å². The molecule has 0 aliphatic rings. The molecule has 0 bridgehead atoms. The molecular formula is C9H15N5O3. The summed E-state index contributed by atoms with van der Waals surface area (Å²) in [6.45, 7) is 2.18. The molecule has 1 heterocycles. The van der Waals surface area contributed by atoms with E-state index < -0.39 is 0 Å². The van der Waals surface area contributed by atoms with Crippen LogP contribution in [0.3, 0.4) is 0 Å². The number of ether oxygens (including phenoxy) is 1. The number of nitrogens with zero attached hydrogens (tertiary/aromatic N) is 3. The van der Waals surface area contributed by atoms with Gasteiger partial charge in [0.05, 0.1) is 11.8 Å². The number of nitrogens with one attached hydrogen (secondary N) is 1. The largest absolute Gasteiger partial charge is 0.409 e. The molecule has 1 aromatic heterocycles. The summed E-state index contributed by atoms with van der Waals surface area (Å²) in [5, 5.41) is 17.9. The van der Waals surface area contributed by atoms with Crippen LogP contribution in [0.4, 0.5) is 5.82 Å². The number of aryl methyl sites for hydroxylation is 1. The molecule has 8 nitrogen and oxygen atoms in total. The van der Waals surface area contributed by atoms with E-state index in [-0.39, 0.29) is 18.3 Å². The lowest BCUT2D eigenvalue weighted by Gasteiger charge is -2.07. The summed E-state index contributed by atoms with van der Waals surface area (Å²) >= 11 is 0. The number of hydrogen-bond donors (Lipinski definition) is 3. The van der Waals surface area contributed by atoms with E-state index in [9.17, 15) is 4.79 Å². The van der Waals surface area contributed by atoms with E-state index in [4.69, 9.17) is 15.7 Å². The van der Waals surface area contributed by atoms with Crippen molar-refractivity contribution in [3.63, 3.8) is 0 Å². The number of oxime groups is 1. The highest BCUT2D eigenvalue weighted by Crippen LogP contribution is 2.13. The van der Waals surface area contributed by atoms with Crippen molar-refractivity contribution < 1.29 is 14.7 Å². The molecule has 0 aromatic carbocycles. The molecule has 0 saturated carbocycles. The number of amidine groups is 1. The molecule has 0 unspecified atom stereocenters. The number of rotatable bonds is 5. The van der Waals surface area contributed by atoms with E-state index in [2.05, 4.69) is 15.6 Å². The van der Waals surface area contributed by atoms with Crippen LogP contribution >= 0.6 is 0 Å². The van der Waals surface area contributed by atoms with Crippen molar-refractivity contribution in [2.24, 2.45) is 17.9 Å². The summed E-state index contributed by atoms with van der Waals surface area (Å²) < 4.78 is 6.37. The Labute approximate surface area is 98.0 Å². The van der Waals surface area contributed by atoms with Gasteiger partial charge < -0.3 is 21.0 Å². The first-order valence-corrected chi connectivity index (χ1v) is 4.97. The normalized spacial score (nSPS) is 11.5. The Balaban J connectivity index is 2.83. The molecule has 17 heavy (non-hydrogen) atoms. The Morgan fingerprint density at radius 3 is 3.06 bits per heavy atom. The van der Waals surface area contributed by atoms with Gasteiger partial charge in [-0.1, -0.05) is 5.16 Å². The highest BCUT2D eigenvalue weighted by Gasteiger charge is 2.14. The van der Waals surface area contributed by atoms with Gasteiger partial charge in [-0.05, 0) is 6.92 Å². The van der Waals surface area contributed by atoms with Gasteiger partial charge in [-0.3, -0.25) is 9.48 Å². The van der Waals surface area contributed by atoms with E-state index in [0.717, 1.165) is 0 Å². The molecule has 1 aromatic rings. The lowest BCUT2D eigenvalue weighted by molar-refractivity contribution is -0.120.